The first-order valence-corrected chi connectivity index (χ1v) is 6.90. The van der Waals surface area contributed by atoms with E-state index in [-0.39, 0.29) is 29.6 Å². The molecular formula is C11H16N2NaO2S. The van der Waals surface area contributed by atoms with Crippen molar-refractivity contribution in [3.63, 3.8) is 0 Å². The van der Waals surface area contributed by atoms with Crippen molar-refractivity contribution in [1.82, 2.24) is 4.31 Å². The number of piperidine rings is 1. The van der Waals surface area contributed by atoms with Crippen LogP contribution in [-0.4, -0.2) is 55.4 Å². The largest absolute Gasteiger partial charge is 0.276 e. The Balaban J connectivity index is 0.00000144. The van der Waals surface area contributed by atoms with Crippen LogP contribution in [0, 0.1) is 0 Å². The van der Waals surface area contributed by atoms with Crippen molar-refractivity contribution in [1.29, 1.82) is 0 Å². The van der Waals surface area contributed by atoms with Crippen molar-refractivity contribution in [3.8, 4) is 0 Å². The quantitative estimate of drug-likeness (QED) is 0.798. The summed E-state index contributed by atoms with van der Waals surface area (Å²) in [5.41, 5.74) is 1.29. The van der Waals surface area contributed by atoms with Crippen LogP contribution in [0.2, 0.25) is 0 Å². The standard InChI is InChI=1S/C11H16N2O2S.Na/c12-16(14,15)13-8-6-11(7-9-13)10-4-2-1-3-5-10;/h1-5,11H,6-9H2,(H2,12,14,15);. The van der Waals surface area contributed by atoms with Crippen molar-refractivity contribution < 1.29 is 8.42 Å². The third kappa shape index (κ3) is 4.05. The summed E-state index contributed by atoms with van der Waals surface area (Å²) in [5, 5.41) is 5.09. The van der Waals surface area contributed by atoms with Crippen LogP contribution in [-0.2, 0) is 10.2 Å². The van der Waals surface area contributed by atoms with Crippen molar-refractivity contribution in [3.05, 3.63) is 35.9 Å². The molecule has 1 heterocycles. The van der Waals surface area contributed by atoms with Gasteiger partial charge in [0.1, 0.15) is 0 Å². The molecule has 1 radical (unpaired) electrons. The van der Waals surface area contributed by atoms with Crippen LogP contribution in [0.4, 0.5) is 0 Å². The Hall–Kier alpha value is 0.0900. The maximum atomic E-state index is 11.1. The molecule has 0 atom stereocenters. The number of rotatable bonds is 2. The number of hydrogen-bond donors (Lipinski definition) is 1. The predicted molar refractivity (Wildman–Crippen MR) is 68.9 cm³/mol. The topological polar surface area (TPSA) is 63.4 Å². The van der Waals surface area contributed by atoms with Gasteiger partial charge in [-0.2, -0.15) is 12.7 Å². The Morgan fingerprint density at radius 3 is 2.12 bits per heavy atom. The third-order valence-corrected chi connectivity index (χ3v) is 4.17. The number of nitrogens with zero attached hydrogens (tertiary/aromatic N) is 1. The molecule has 89 valence electrons. The molecule has 1 aromatic rings. The van der Waals surface area contributed by atoms with Gasteiger partial charge in [-0.25, -0.2) is 5.14 Å². The average Bonchev–Trinajstić information content (AvgIpc) is 2.29. The molecule has 0 unspecified atom stereocenters. The van der Waals surface area contributed by atoms with Gasteiger partial charge in [-0.05, 0) is 24.3 Å². The second-order valence-corrected chi connectivity index (χ2v) is 5.68. The summed E-state index contributed by atoms with van der Waals surface area (Å²) in [5.74, 6) is 0.458. The van der Waals surface area contributed by atoms with Crippen molar-refractivity contribution in [2.24, 2.45) is 5.14 Å². The summed E-state index contributed by atoms with van der Waals surface area (Å²) < 4.78 is 23.6. The van der Waals surface area contributed by atoms with Crippen LogP contribution < -0.4 is 5.14 Å². The van der Waals surface area contributed by atoms with Gasteiger partial charge in [-0.3, -0.25) is 0 Å². The Labute approximate surface area is 125 Å². The molecule has 1 fully saturated rings. The predicted octanol–water partition coefficient (Wildman–Crippen LogP) is 0.689. The SMILES string of the molecule is NS(=O)(=O)N1CCC(c2ccccc2)CC1.[Na]. The normalized spacial score (nSPS) is 18.6. The fourth-order valence-corrected chi connectivity index (χ4v) is 2.89. The zero-order valence-corrected chi connectivity index (χ0v) is 12.9. The molecule has 0 amide bonds. The zero-order valence-electron chi connectivity index (χ0n) is 10.0. The minimum absolute atomic E-state index is 0. The molecule has 0 aromatic heterocycles. The number of nitrogens with two attached hydrogens (primary N) is 1. The van der Waals surface area contributed by atoms with Gasteiger partial charge in [0.05, 0.1) is 0 Å². The number of benzene rings is 1. The monoisotopic (exact) mass is 263 g/mol. The van der Waals surface area contributed by atoms with Crippen LogP contribution in [0.25, 0.3) is 0 Å². The molecule has 0 bridgehead atoms. The summed E-state index contributed by atoms with van der Waals surface area (Å²) in [6.07, 6.45) is 1.70. The Morgan fingerprint density at radius 2 is 1.65 bits per heavy atom. The van der Waals surface area contributed by atoms with E-state index in [9.17, 15) is 8.42 Å². The molecule has 0 saturated carbocycles. The molecule has 1 aliphatic rings. The van der Waals surface area contributed by atoms with Gasteiger partial charge >= 0.3 is 0 Å². The first-order chi connectivity index (χ1) is 7.57. The van der Waals surface area contributed by atoms with Gasteiger partial charge in [0.15, 0.2) is 0 Å². The first-order valence-electron chi connectivity index (χ1n) is 5.40. The van der Waals surface area contributed by atoms with Crippen LogP contribution in [0.15, 0.2) is 30.3 Å². The van der Waals surface area contributed by atoms with E-state index in [1.807, 2.05) is 18.2 Å². The van der Waals surface area contributed by atoms with E-state index in [0.29, 0.717) is 19.0 Å². The Kier molecular flexibility index (Phi) is 5.63. The molecule has 0 spiro atoms. The van der Waals surface area contributed by atoms with E-state index in [4.69, 9.17) is 5.14 Å². The van der Waals surface area contributed by atoms with Crippen LogP contribution in [0.5, 0.6) is 0 Å². The van der Waals surface area contributed by atoms with E-state index < -0.39 is 10.2 Å². The molecule has 2 N–H and O–H groups in total. The summed E-state index contributed by atoms with van der Waals surface area (Å²) in [6, 6.07) is 10.2. The third-order valence-electron chi connectivity index (χ3n) is 3.08. The summed E-state index contributed by atoms with van der Waals surface area (Å²) >= 11 is 0. The summed E-state index contributed by atoms with van der Waals surface area (Å²) in [4.78, 5) is 0. The fraction of sp³-hybridized carbons (Fsp3) is 0.455. The average molecular weight is 263 g/mol. The second-order valence-electron chi connectivity index (χ2n) is 4.13. The van der Waals surface area contributed by atoms with Gasteiger partial charge in [0.2, 0.25) is 0 Å². The smallest absolute Gasteiger partial charge is 0.216 e. The van der Waals surface area contributed by atoms with E-state index >= 15 is 0 Å². The minimum atomic E-state index is -3.50. The first kappa shape index (κ1) is 15.1. The van der Waals surface area contributed by atoms with Gasteiger partial charge in [0.25, 0.3) is 10.2 Å². The molecular weight excluding hydrogens is 247 g/mol. The van der Waals surface area contributed by atoms with E-state index in [1.165, 1.54) is 9.87 Å². The van der Waals surface area contributed by atoms with Crippen molar-refractivity contribution >= 4 is 39.8 Å². The molecule has 0 aliphatic carbocycles. The molecule has 1 saturated heterocycles. The molecule has 6 heteroatoms. The molecule has 4 nitrogen and oxygen atoms in total. The van der Waals surface area contributed by atoms with Gasteiger partial charge in [-0.1, -0.05) is 30.3 Å². The maximum absolute atomic E-state index is 11.1. The molecule has 1 aromatic carbocycles. The van der Waals surface area contributed by atoms with E-state index in [2.05, 4.69) is 12.1 Å². The van der Waals surface area contributed by atoms with Crippen LogP contribution in [0.3, 0.4) is 0 Å². The van der Waals surface area contributed by atoms with Gasteiger partial charge in [0, 0.05) is 42.6 Å². The van der Waals surface area contributed by atoms with E-state index in [0.717, 1.165) is 12.8 Å². The van der Waals surface area contributed by atoms with Gasteiger partial charge < -0.3 is 0 Å². The molecule has 2 rings (SSSR count). The molecule has 17 heavy (non-hydrogen) atoms. The second kappa shape index (κ2) is 6.31. The van der Waals surface area contributed by atoms with Crippen LogP contribution >= 0.6 is 0 Å². The number of hydrogen-bond acceptors (Lipinski definition) is 2. The zero-order chi connectivity index (χ0) is 11.6. The Morgan fingerprint density at radius 1 is 1.12 bits per heavy atom. The Bertz CT molecular complexity index is 442. The minimum Gasteiger partial charge on any atom is -0.216 e. The molecule has 1 aliphatic heterocycles. The summed E-state index contributed by atoms with van der Waals surface area (Å²) in [7, 11) is -3.50. The summed E-state index contributed by atoms with van der Waals surface area (Å²) in [6.45, 7) is 1.05. The van der Waals surface area contributed by atoms with E-state index in [1.54, 1.807) is 0 Å². The van der Waals surface area contributed by atoms with Crippen molar-refractivity contribution in [2.45, 2.75) is 18.8 Å². The van der Waals surface area contributed by atoms with Gasteiger partial charge in [-0.15, -0.1) is 0 Å². The van der Waals surface area contributed by atoms with Crippen LogP contribution in [0.1, 0.15) is 24.3 Å². The fourth-order valence-electron chi connectivity index (χ4n) is 2.17. The van der Waals surface area contributed by atoms with Crippen molar-refractivity contribution in [2.75, 3.05) is 13.1 Å². The maximum Gasteiger partial charge on any atom is 0.276 e.